The molecule has 0 saturated heterocycles. The molecular formula is C34H33NO7. The van der Waals surface area contributed by atoms with E-state index in [1.165, 1.54) is 0 Å². The molecular weight excluding hydrogens is 534 g/mol. The summed E-state index contributed by atoms with van der Waals surface area (Å²) in [7, 11) is 3.28. The van der Waals surface area contributed by atoms with Crippen LogP contribution in [0.25, 0.3) is 11.1 Å². The summed E-state index contributed by atoms with van der Waals surface area (Å²) in [6, 6.07) is 30.4. The Bertz CT molecular complexity index is 1520. The Labute approximate surface area is 244 Å². The van der Waals surface area contributed by atoms with Gasteiger partial charge in [-0.1, -0.05) is 60.7 Å². The van der Waals surface area contributed by atoms with Crippen LogP contribution >= 0.6 is 0 Å². The van der Waals surface area contributed by atoms with E-state index in [1.807, 2.05) is 84.9 Å². The molecule has 8 nitrogen and oxygen atoms in total. The second-order valence-corrected chi connectivity index (χ2v) is 9.73. The SMILES string of the molecule is COc1ccccc1.COc1ccccc1C1CCC1C(=O)O.O=COc1cccc(-c2ccc3c(c2)NC(=O)C3)c1. The number of carbonyl (C=O) groups excluding carboxylic acids is 2. The number of aliphatic carboxylic acids is 1. The largest absolute Gasteiger partial charge is 0.497 e. The molecule has 1 aliphatic heterocycles. The van der Waals surface area contributed by atoms with E-state index in [0.29, 0.717) is 18.6 Å². The maximum Gasteiger partial charge on any atom is 0.307 e. The highest BCUT2D eigenvalue weighted by Gasteiger charge is 2.38. The first-order valence-electron chi connectivity index (χ1n) is 13.5. The van der Waals surface area contributed by atoms with Crippen LogP contribution < -0.4 is 19.5 Å². The quantitative estimate of drug-likeness (QED) is 0.250. The molecule has 1 fully saturated rings. The predicted octanol–water partition coefficient (Wildman–Crippen LogP) is 6.35. The fourth-order valence-electron chi connectivity index (χ4n) is 4.90. The summed E-state index contributed by atoms with van der Waals surface area (Å²) in [4.78, 5) is 32.6. The van der Waals surface area contributed by atoms with E-state index in [1.54, 1.807) is 26.4 Å². The van der Waals surface area contributed by atoms with E-state index in [0.717, 1.165) is 52.3 Å². The Hall–Kier alpha value is -5.11. The van der Waals surface area contributed by atoms with Crippen molar-refractivity contribution in [1.29, 1.82) is 0 Å². The van der Waals surface area contributed by atoms with Gasteiger partial charge >= 0.3 is 5.97 Å². The van der Waals surface area contributed by atoms with Crippen molar-refractivity contribution in [1.82, 2.24) is 0 Å². The van der Waals surface area contributed by atoms with Crippen LogP contribution in [-0.4, -0.2) is 37.7 Å². The summed E-state index contributed by atoms with van der Waals surface area (Å²) in [6.45, 7) is 0.405. The van der Waals surface area contributed by atoms with Gasteiger partial charge < -0.3 is 24.6 Å². The minimum atomic E-state index is -0.697. The molecule has 1 aliphatic carbocycles. The summed E-state index contributed by atoms with van der Waals surface area (Å²) >= 11 is 0. The Morgan fingerprint density at radius 1 is 0.833 bits per heavy atom. The molecule has 1 heterocycles. The number of anilines is 1. The van der Waals surface area contributed by atoms with Gasteiger partial charge in [-0.2, -0.15) is 0 Å². The van der Waals surface area contributed by atoms with Gasteiger partial charge in [0.25, 0.3) is 6.47 Å². The lowest BCUT2D eigenvalue weighted by atomic mass is 9.70. The zero-order chi connectivity index (χ0) is 29.9. The minimum Gasteiger partial charge on any atom is -0.497 e. The van der Waals surface area contributed by atoms with Gasteiger partial charge in [0, 0.05) is 11.6 Å². The molecule has 4 aromatic rings. The number of fused-ring (bicyclic) bond motifs is 1. The Balaban J connectivity index is 0.000000157. The number of hydrogen-bond donors (Lipinski definition) is 2. The Morgan fingerprint density at radius 3 is 2.19 bits per heavy atom. The van der Waals surface area contributed by atoms with Crippen LogP contribution in [0.1, 0.15) is 29.9 Å². The molecule has 6 rings (SSSR count). The lowest BCUT2D eigenvalue weighted by molar-refractivity contribution is -0.145. The Morgan fingerprint density at radius 2 is 1.55 bits per heavy atom. The van der Waals surface area contributed by atoms with E-state index in [-0.39, 0.29) is 17.7 Å². The monoisotopic (exact) mass is 567 g/mol. The number of nitrogens with one attached hydrogen (secondary N) is 1. The third-order valence-electron chi connectivity index (χ3n) is 7.20. The summed E-state index contributed by atoms with van der Waals surface area (Å²) < 4.78 is 15.0. The molecule has 0 aromatic heterocycles. The molecule has 0 radical (unpaired) electrons. The van der Waals surface area contributed by atoms with Crippen LogP contribution in [0.15, 0.2) is 97.1 Å². The van der Waals surface area contributed by atoms with Crippen LogP contribution in [0, 0.1) is 5.92 Å². The molecule has 1 amide bonds. The molecule has 2 atom stereocenters. The fourth-order valence-corrected chi connectivity index (χ4v) is 4.90. The smallest absolute Gasteiger partial charge is 0.307 e. The maximum absolute atomic E-state index is 11.3. The molecule has 0 bridgehead atoms. The second kappa shape index (κ2) is 14.5. The van der Waals surface area contributed by atoms with E-state index in [4.69, 9.17) is 19.3 Å². The molecule has 4 aromatic carbocycles. The number of carboxylic acid groups (broad SMARTS) is 1. The number of rotatable bonds is 7. The van der Waals surface area contributed by atoms with Gasteiger partial charge in [-0.15, -0.1) is 0 Å². The molecule has 2 aliphatic rings. The number of methoxy groups -OCH3 is 2. The normalized spacial score (nSPS) is 16.1. The van der Waals surface area contributed by atoms with E-state index in [2.05, 4.69) is 5.32 Å². The summed E-state index contributed by atoms with van der Waals surface area (Å²) in [5, 5.41) is 11.8. The number of hydrogen-bond acceptors (Lipinski definition) is 6. The zero-order valence-corrected chi connectivity index (χ0v) is 23.5. The average Bonchev–Trinajstić information content (AvgIpc) is 3.37. The van der Waals surface area contributed by atoms with Crippen molar-refractivity contribution in [2.24, 2.45) is 5.92 Å². The Kier molecular flexibility index (Phi) is 10.3. The number of benzene rings is 4. The summed E-state index contributed by atoms with van der Waals surface area (Å²) in [6.07, 6.45) is 2.15. The van der Waals surface area contributed by atoms with E-state index < -0.39 is 5.97 Å². The van der Waals surface area contributed by atoms with E-state index >= 15 is 0 Å². The molecule has 8 heteroatoms. The molecule has 1 saturated carbocycles. The van der Waals surface area contributed by atoms with Crippen molar-refractivity contribution in [3.05, 3.63) is 108 Å². The number of carbonyl (C=O) groups is 3. The molecule has 2 N–H and O–H groups in total. The van der Waals surface area contributed by atoms with Gasteiger partial charge in [-0.25, -0.2) is 0 Å². The van der Waals surface area contributed by atoms with Gasteiger partial charge in [0.2, 0.25) is 5.91 Å². The van der Waals surface area contributed by atoms with Crippen LogP contribution in [0.2, 0.25) is 0 Å². The summed E-state index contributed by atoms with van der Waals surface area (Å²) in [5.41, 5.74) is 4.79. The van der Waals surface area contributed by atoms with Gasteiger partial charge in [0.15, 0.2) is 0 Å². The van der Waals surface area contributed by atoms with Crippen molar-refractivity contribution in [3.8, 4) is 28.4 Å². The molecule has 42 heavy (non-hydrogen) atoms. The van der Waals surface area contributed by atoms with Crippen LogP contribution in [0.5, 0.6) is 17.2 Å². The van der Waals surface area contributed by atoms with Gasteiger partial charge in [-0.05, 0) is 71.5 Å². The third kappa shape index (κ3) is 7.54. The van der Waals surface area contributed by atoms with Crippen molar-refractivity contribution in [3.63, 3.8) is 0 Å². The van der Waals surface area contributed by atoms with Crippen molar-refractivity contribution in [2.45, 2.75) is 25.2 Å². The second-order valence-electron chi connectivity index (χ2n) is 9.73. The highest BCUT2D eigenvalue weighted by Crippen LogP contribution is 2.45. The number of para-hydroxylation sites is 2. The number of carboxylic acids is 1. The van der Waals surface area contributed by atoms with Crippen molar-refractivity contribution < 1.29 is 33.7 Å². The standard InChI is InChI=1S/C15H11NO3.C12H14O3.C7H8O/c17-9-19-13-3-1-2-10(6-13)11-4-5-12-8-15(18)16-14(12)7-11;1-15-11-5-3-2-4-9(11)8-6-7-10(8)12(13)14;1-8-7-5-3-2-4-6-7/h1-7,9H,8H2,(H,16,18);2-5,8,10H,6-7H2,1H3,(H,13,14);2-6H,1H3. The highest BCUT2D eigenvalue weighted by molar-refractivity contribution is 6.00. The minimum absolute atomic E-state index is 0.0187. The van der Waals surface area contributed by atoms with Crippen LogP contribution in [0.4, 0.5) is 5.69 Å². The topological polar surface area (TPSA) is 111 Å². The van der Waals surface area contributed by atoms with Gasteiger partial charge in [0.05, 0.1) is 26.6 Å². The zero-order valence-electron chi connectivity index (χ0n) is 23.5. The van der Waals surface area contributed by atoms with Crippen LogP contribution in [-0.2, 0) is 20.8 Å². The van der Waals surface area contributed by atoms with E-state index in [9.17, 15) is 14.4 Å². The predicted molar refractivity (Wildman–Crippen MR) is 160 cm³/mol. The third-order valence-corrected chi connectivity index (χ3v) is 7.20. The summed E-state index contributed by atoms with van der Waals surface area (Å²) in [5.74, 6) is 1.42. The first-order valence-corrected chi connectivity index (χ1v) is 13.5. The highest BCUT2D eigenvalue weighted by atomic mass is 16.5. The fraction of sp³-hybridized carbons (Fsp3) is 0.206. The first-order chi connectivity index (χ1) is 20.4. The molecule has 2 unspecified atom stereocenters. The average molecular weight is 568 g/mol. The first kappa shape index (κ1) is 29.9. The maximum atomic E-state index is 11.3. The molecule has 216 valence electrons. The lowest BCUT2D eigenvalue weighted by Gasteiger charge is -2.34. The van der Waals surface area contributed by atoms with Crippen molar-refractivity contribution >= 4 is 24.0 Å². The van der Waals surface area contributed by atoms with Gasteiger partial charge in [-0.3, -0.25) is 14.4 Å². The van der Waals surface area contributed by atoms with Crippen LogP contribution in [0.3, 0.4) is 0 Å². The van der Waals surface area contributed by atoms with Gasteiger partial charge in [0.1, 0.15) is 17.2 Å². The number of amides is 1. The molecule has 0 spiro atoms. The van der Waals surface area contributed by atoms with Crippen molar-refractivity contribution in [2.75, 3.05) is 19.5 Å². The number of ether oxygens (including phenoxy) is 3. The lowest BCUT2D eigenvalue weighted by Crippen LogP contribution is -2.31.